The Kier molecular flexibility index (Phi) is 5.05. The van der Waals surface area contributed by atoms with E-state index >= 15 is 0 Å². The van der Waals surface area contributed by atoms with Crippen molar-refractivity contribution >= 4 is 21.8 Å². The number of carbonyl (C=O) groups is 1. The Morgan fingerprint density at radius 3 is 2.85 bits per heavy atom. The second kappa shape index (κ2) is 6.59. The number of carbonyl (C=O) groups excluding carboxylic acids is 1. The van der Waals surface area contributed by atoms with E-state index in [9.17, 15) is 4.79 Å². The molecule has 1 atom stereocenters. The van der Waals surface area contributed by atoms with E-state index in [2.05, 4.69) is 15.9 Å². The molecule has 2 N–H and O–H groups in total. The second-order valence-electron chi connectivity index (χ2n) is 5.48. The van der Waals surface area contributed by atoms with Crippen LogP contribution in [0.3, 0.4) is 0 Å². The van der Waals surface area contributed by atoms with E-state index in [1.165, 1.54) is 0 Å². The molecule has 1 saturated heterocycles. The molecule has 1 heterocycles. The van der Waals surface area contributed by atoms with Crippen molar-refractivity contribution in [2.24, 2.45) is 11.7 Å². The van der Waals surface area contributed by atoms with Gasteiger partial charge < -0.3 is 15.4 Å². The zero-order chi connectivity index (χ0) is 14.7. The highest BCUT2D eigenvalue weighted by molar-refractivity contribution is 9.10. The predicted octanol–water partition coefficient (Wildman–Crippen LogP) is 2.66. The minimum absolute atomic E-state index is 0.0517. The number of nitrogens with zero attached hydrogens (tertiary/aromatic N) is 1. The van der Waals surface area contributed by atoms with Gasteiger partial charge in [0, 0.05) is 23.1 Å². The van der Waals surface area contributed by atoms with E-state index in [0.717, 1.165) is 24.0 Å². The van der Waals surface area contributed by atoms with Gasteiger partial charge >= 0.3 is 0 Å². The van der Waals surface area contributed by atoms with Crippen LogP contribution in [-0.4, -0.2) is 36.5 Å². The SMILES string of the molecule is CC(C)Oc1cc(Br)cc(C(=O)N2CC[C@@H](CN)C2)c1. The van der Waals surface area contributed by atoms with E-state index in [-0.39, 0.29) is 12.0 Å². The summed E-state index contributed by atoms with van der Waals surface area (Å²) >= 11 is 3.43. The lowest BCUT2D eigenvalue weighted by atomic mass is 10.1. The molecule has 1 aromatic rings. The number of hydrogen-bond donors (Lipinski definition) is 1. The van der Waals surface area contributed by atoms with Crippen LogP contribution in [0.4, 0.5) is 0 Å². The number of nitrogens with two attached hydrogens (primary N) is 1. The van der Waals surface area contributed by atoms with Crippen LogP contribution in [0.1, 0.15) is 30.6 Å². The summed E-state index contributed by atoms with van der Waals surface area (Å²) < 4.78 is 6.53. The van der Waals surface area contributed by atoms with Gasteiger partial charge in [0.05, 0.1) is 6.10 Å². The van der Waals surface area contributed by atoms with E-state index in [4.69, 9.17) is 10.5 Å². The quantitative estimate of drug-likeness (QED) is 0.916. The maximum atomic E-state index is 12.5. The molecule has 0 aliphatic carbocycles. The standard InChI is InChI=1S/C15H21BrN2O2/c1-10(2)20-14-6-12(5-13(16)7-14)15(19)18-4-3-11(8-17)9-18/h5-7,10-11H,3-4,8-9,17H2,1-2H3/t11-/m0/s1. The van der Waals surface area contributed by atoms with Crippen LogP contribution in [0.25, 0.3) is 0 Å². The van der Waals surface area contributed by atoms with E-state index < -0.39 is 0 Å². The van der Waals surface area contributed by atoms with E-state index in [1.54, 1.807) is 0 Å². The summed E-state index contributed by atoms with van der Waals surface area (Å²) in [6.07, 6.45) is 1.08. The number of likely N-dealkylation sites (tertiary alicyclic amines) is 1. The fourth-order valence-electron chi connectivity index (χ4n) is 2.42. The lowest BCUT2D eigenvalue weighted by molar-refractivity contribution is 0.0787. The Hall–Kier alpha value is -1.07. The number of benzene rings is 1. The summed E-state index contributed by atoms with van der Waals surface area (Å²) in [7, 11) is 0. The maximum Gasteiger partial charge on any atom is 0.254 e. The fraction of sp³-hybridized carbons (Fsp3) is 0.533. The Labute approximate surface area is 128 Å². The van der Waals surface area contributed by atoms with Gasteiger partial charge in [0.2, 0.25) is 0 Å². The average molecular weight is 341 g/mol. The summed E-state index contributed by atoms with van der Waals surface area (Å²) in [6.45, 7) is 6.11. The van der Waals surface area contributed by atoms with Gasteiger partial charge in [-0.15, -0.1) is 0 Å². The topological polar surface area (TPSA) is 55.6 Å². The summed E-state index contributed by atoms with van der Waals surface area (Å²) in [6, 6.07) is 5.53. The molecule has 20 heavy (non-hydrogen) atoms. The number of amides is 1. The molecule has 110 valence electrons. The van der Waals surface area contributed by atoms with Crippen molar-refractivity contribution in [2.75, 3.05) is 19.6 Å². The second-order valence-corrected chi connectivity index (χ2v) is 6.40. The minimum atomic E-state index is 0.0517. The highest BCUT2D eigenvalue weighted by atomic mass is 79.9. The molecule has 1 aromatic carbocycles. The van der Waals surface area contributed by atoms with Gasteiger partial charge in [-0.05, 0) is 50.9 Å². The predicted molar refractivity (Wildman–Crippen MR) is 83.0 cm³/mol. The van der Waals surface area contributed by atoms with Crippen LogP contribution in [0, 0.1) is 5.92 Å². The first-order chi connectivity index (χ1) is 9.49. The van der Waals surface area contributed by atoms with Crippen LogP contribution in [-0.2, 0) is 0 Å². The van der Waals surface area contributed by atoms with Gasteiger partial charge in [-0.1, -0.05) is 15.9 Å². The molecule has 1 aliphatic rings. The molecule has 5 heteroatoms. The molecule has 1 fully saturated rings. The highest BCUT2D eigenvalue weighted by Gasteiger charge is 2.26. The van der Waals surface area contributed by atoms with Crippen LogP contribution < -0.4 is 10.5 Å². The van der Waals surface area contributed by atoms with Gasteiger partial charge in [0.15, 0.2) is 0 Å². The molecule has 2 rings (SSSR count). The van der Waals surface area contributed by atoms with E-state index in [1.807, 2.05) is 36.9 Å². The summed E-state index contributed by atoms with van der Waals surface area (Å²) in [5, 5.41) is 0. The number of halogens is 1. The molecule has 1 aliphatic heterocycles. The highest BCUT2D eigenvalue weighted by Crippen LogP contribution is 2.25. The third-order valence-corrected chi connectivity index (χ3v) is 3.85. The monoisotopic (exact) mass is 340 g/mol. The number of ether oxygens (including phenoxy) is 1. The number of hydrogen-bond acceptors (Lipinski definition) is 3. The zero-order valence-electron chi connectivity index (χ0n) is 11.9. The Morgan fingerprint density at radius 1 is 1.50 bits per heavy atom. The molecule has 0 bridgehead atoms. The lowest BCUT2D eigenvalue weighted by Gasteiger charge is -2.18. The van der Waals surface area contributed by atoms with Crippen molar-refractivity contribution in [3.05, 3.63) is 28.2 Å². The van der Waals surface area contributed by atoms with Crippen LogP contribution in [0.15, 0.2) is 22.7 Å². The molecular formula is C15H21BrN2O2. The fourth-order valence-corrected chi connectivity index (χ4v) is 2.89. The van der Waals surface area contributed by atoms with Gasteiger partial charge in [-0.3, -0.25) is 4.79 Å². The Bertz CT molecular complexity index is 491. The average Bonchev–Trinajstić information content (AvgIpc) is 2.85. The first-order valence-electron chi connectivity index (χ1n) is 6.96. The van der Waals surface area contributed by atoms with Crippen molar-refractivity contribution in [3.63, 3.8) is 0 Å². The minimum Gasteiger partial charge on any atom is -0.491 e. The lowest BCUT2D eigenvalue weighted by Crippen LogP contribution is -2.29. The van der Waals surface area contributed by atoms with Crippen LogP contribution in [0.5, 0.6) is 5.75 Å². The molecule has 0 radical (unpaired) electrons. The first kappa shape index (κ1) is 15.3. The Balaban J connectivity index is 2.15. The van der Waals surface area contributed by atoms with Crippen LogP contribution >= 0.6 is 15.9 Å². The van der Waals surface area contributed by atoms with Crippen LogP contribution in [0.2, 0.25) is 0 Å². The number of rotatable bonds is 4. The van der Waals surface area contributed by atoms with Crippen molar-refractivity contribution in [3.8, 4) is 5.75 Å². The van der Waals surface area contributed by atoms with Gasteiger partial charge in [0.25, 0.3) is 5.91 Å². The summed E-state index contributed by atoms with van der Waals surface area (Å²) in [4.78, 5) is 14.4. The molecule has 0 spiro atoms. The normalized spacial score (nSPS) is 18.6. The zero-order valence-corrected chi connectivity index (χ0v) is 13.5. The van der Waals surface area contributed by atoms with Crippen molar-refractivity contribution < 1.29 is 9.53 Å². The molecule has 0 unspecified atom stereocenters. The van der Waals surface area contributed by atoms with Gasteiger partial charge in [0.1, 0.15) is 5.75 Å². The van der Waals surface area contributed by atoms with Gasteiger partial charge in [-0.2, -0.15) is 0 Å². The molecule has 0 saturated carbocycles. The third-order valence-electron chi connectivity index (χ3n) is 3.40. The maximum absolute atomic E-state index is 12.5. The Morgan fingerprint density at radius 2 is 2.25 bits per heavy atom. The molecule has 4 nitrogen and oxygen atoms in total. The van der Waals surface area contributed by atoms with Crippen molar-refractivity contribution in [1.82, 2.24) is 4.90 Å². The summed E-state index contributed by atoms with van der Waals surface area (Å²) in [5.41, 5.74) is 6.33. The summed E-state index contributed by atoms with van der Waals surface area (Å²) in [5.74, 6) is 1.20. The van der Waals surface area contributed by atoms with Gasteiger partial charge in [-0.25, -0.2) is 0 Å². The van der Waals surface area contributed by atoms with Crippen molar-refractivity contribution in [1.29, 1.82) is 0 Å². The van der Waals surface area contributed by atoms with E-state index in [0.29, 0.717) is 23.8 Å². The largest absolute Gasteiger partial charge is 0.491 e. The molecule has 0 aromatic heterocycles. The molecular weight excluding hydrogens is 320 g/mol. The molecule has 1 amide bonds. The smallest absolute Gasteiger partial charge is 0.254 e. The first-order valence-corrected chi connectivity index (χ1v) is 7.75. The van der Waals surface area contributed by atoms with Crippen molar-refractivity contribution in [2.45, 2.75) is 26.4 Å². The third kappa shape index (κ3) is 3.73.